The first-order chi connectivity index (χ1) is 21.6. The van der Waals surface area contributed by atoms with Crippen molar-refractivity contribution in [3.8, 4) is 46.3 Å². The molecule has 3 aromatic carbocycles. The van der Waals surface area contributed by atoms with E-state index in [0.29, 0.717) is 73.4 Å². The van der Waals surface area contributed by atoms with Crippen molar-refractivity contribution < 1.29 is 23.7 Å². The minimum absolute atomic E-state index is 0.171. The highest BCUT2D eigenvalue weighted by molar-refractivity contribution is 5.74. The van der Waals surface area contributed by atoms with Gasteiger partial charge in [-0.05, 0) is 47.9 Å². The Hall–Kier alpha value is -5.58. The van der Waals surface area contributed by atoms with Crippen LogP contribution >= 0.6 is 0 Å². The molecule has 0 fully saturated rings. The molecule has 0 atom stereocenters. The van der Waals surface area contributed by atoms with Crippen molar-refractivity contribution in [3.05, 3.63) is 100 Å². The monoisotopic (exact) mass is 589 g/mol. The van der Waals surface area contributed by atoms with Gasteiger partial charge in [-0.2, -0.15) is 10.5 Å². The lowest BCUT2D eigenvalue weighted by molar-refractivity contribution is -0.109. The number of nitrogens with one attached hydrogen (secondary N) is 2. The second kappa shape index (κ2) is 14.5. The van der Waals surface area contributed by atoms with E-state index in [1.165, 1.54) is 6.20 Å². The standard InChI is InChI=1S/C34H31N5O5/c1-23-11-28(19-37-7-8-38-22-40)33(43-20-25-12-24(15-35)17-39-18-25)14-32(23)44-21-27-3-2-4-29(30(27)16-36)26-5-6-31-34(13-26)42-10-9-41-31/h2-6,11-14,17-18,22,37H,7-10,19-21H2,1H3,(H,38,40). The lowest BCUT2D eigenvalue weighted by Crippen LogP contribution is -2.26. The average molecular weight is 590 g/mol. The quantitative estimate of drug-likeness (QED) is 0.170. The van der Waals surface area contributed by atoms with Crippen molar-refractivity contribution in [1.29, 1.82) is 10.5 Å². The lowest BCUT2D eigenvalue weighted by Gasteiger charge is -2.19. The second-order valence-electron chi connectivity index (χ2n) is 10.1. The van der Waals surface area contributed by atoms with Gasteiger partial charge in [0.15, 0.2) is 11.5 Å². The van der Waals surface area contributed by atoms with Crippen molar-refractivity contribution in [3.63, 3.8) is 0 Å². The summed E-state index contributed by atoms with van der Waals surface area (Å²) >= 11 is 0. The van der Waals surface area contributed by atoms with Crippen LogP contribution in [0.2, 0.25) is 0 Å². The SMILES string of the molecule is Cc1cc(CNCCNC=O)c(OCc2cncc(C#N)c2)cc1OCc1cccc(-c2ccc3c(c2)OCCO3)c1C#N. The molecule has 222 valence electrons. The first-order valence-electron chi connectivity index (χ1n) is 14.1. The van der Waals surface area contributed by atoms with E-state index in [4.69, 9.17) is 18.9 Å². The van der Waals surface area contributed by atoms with E-state index in [0.717, 1.165) is 33.4 Å². The number of ether oxygens (including phenoxy) is 4. The van der Waals surface area contributed by atoms with Gasteiger partial charge in [0.25, 0.3) is 0 Å². The molecular formula is C34H31N5O5. The number of hydrogen-bond donors (Lipinski definition) is 2. The Morgan fingerprint density at radius 1 is 0.909 bits per heavy atom. The van der Waals surface area contributed by atoms with Crippen molar-refractivity contribution in [2.75, 3.05) is 26.3 Å². The molecule has 0 aliphatic carbocycles. The fourth-order valence-corrected chi connectivity index (χ4v) is 4.85. The number of pyridine rings is 1. The van der Waals surface area contributed by atoms with Gasteiger partial charge in [0, 0.05) is 54.8 Å². The lowest BCUT2D eigenvalue weighted by atomic mass is 9.96. The summed E-state index contributed by atoms with van der Waals surface area (Å²) < 4.78 is 23.9. The first-order valence-corrected chi connectivity index (χ1v) is 14.1. The van der Waals surface area contributed by atoms with E-state index < -0.39 is 0 Å². The molecule has 0 saturated heterocycles. The molecule has 5 rings (SSSR count). The van der Waals surface area contributed by atoms with Gasteiger partial charge >= 0.3 is 0 Å². The number of benzene rings is 3. The fraction of sp³-hybridized carbons (Fsp3) is 0.235. The number of fused-ring (bicyclic) bond motifs is 1. The highest BCUT2D eigenvalue weighted by Crippen LogP contribution is 2.37. The highest BCUT2D eigenvalue weighted by Gasteiger charge is 2.17. The van der Waals surface area contributed by atoms with Crippen LogP contribution in [0.25, 0.3) is 11.1 Å². The molecule has 0 saturated carbocycles. The van der Waals surface area contributed by atoms with E-state index in [-0.39, 0.29) is 13.2 Å². The van der Waals surface area contributed by atoms with Crippen LogP contribution in [0.1, 0.15) is 33.4 Å². The summed E-state index contributed by atoms with van der Waals surface area (Å²) in [6, 6.07) is 21.4. The van der Waals surface area contributed by atoms with Gasteiger partial charge < -0.3 is 29.6 Å². The Labute approximate surface area is 255 Å². The number of amides is 1. The Kier molecular flexibility index (Phi) is 9.88. The summed E-state index contributed by atoms with van der Waals surface area (Å²) in [5.74, 6) is 2.57. The van der Waals surface area contributed by atoms with Crippen LogP contribution in [0.3, 0.4) is 0 Å². The summed E-state index contributed by atoms with van der Waals surface area (Å²) in [5.41, 5.74) is 5.92. The van der Waals surface area contributed by atoms with Gasteiger partial charge in [0.2, 0.25) is 6.41 Å². The third-order valence-corrected chi connectivity index (χ3v) is 7.02. The normalized spacial score (nSPS) is 11.6. The number of nitrogens with zero attached hydrogens (tertiary/aromatic N) is 3. The summed E-state index contributed by atoms with van der Waals surface area (Å²) in [5, 5.41) is 25.3. The largest absolute Gasteiger partial charge is 0.488 e. The van der Waals surface area contributed by atoms with E-state index in [2.05, 4.69) is 27.8 Å². The smallest absolute Gasteiger partial charge is 0.207 e. The van der Waals surface area contributed by atoms with Crippen LogP contribution in [0.4, 0.5) is 0 Å². The van der Waals surface area contributed by atoms with Crippen molar-refractivity contribution in [2.45, 2.75) is 26.7 Å². The number of carbonyl (C=O) groups is 1. The molecule has 0 spiro atoms. The van der Waals surface area contributed by atoms with E-state index in [9.17, 15) is 15.3 Å². The van der Waals surface area contributed by atoms with Crippen LogP contribution in [-0.2, 0) is 24.6 Å². The number of aromatic nitrogens is 1. The van der Waals surface area contributed by atoms with Crippen LogP contribution in [0.15, 0.2) is 67.0 Å². The molecular weight excluding hydrogens is 558 g/mol. The van der Waals surface area contributed by atoms with Crippen LogP contribution < -0.4 is 29.6 Å². The molecule has 1 aliphatic heterocycles. The van der Waals surface area contributed by atoms with Gasteiger partial charge in [-0.1, -0.05) is 24.3 Å². The minimum atomic E-state index is 0.171. The maximum atomic E-state index is 10.6. The zero-order chi connectivity index (χ0) is 30.7. The first kappa shape index (κ1) is 29.9. The predicted molar refractivity (Wildman–Crippen MR) is 162 cm³/mol. The molecule has 44 heavy (non-hydrogen) atoms. The van der Waals surface area contributed by atoms with Gasteiger partial charge in [-0.25, -0.2) is 0 Å². The molecule has 10 nitrogen and oxygen atoms in total. The van der Waals surface area contributed by atoms with E-state index >= 15 is 0 Å². The van der Waals surface area contributed by atoms with E-state index in [1.54, 1.807) is 12.3 Å². The maximum Gasteiger partial charge on any atom is 0.207 e. The topological polar surface area (TPSA) is 139 Å². The zero-order valence-corrected chi connectivity index (χ0v) is 24.3. The molecule has 1 aliphatic rings. The second-order valence-corrected chi connectivity index (χ2v) is 10.1. The predicted octanol–water partition coefficient (Wildman–Crippen LogP) is 4.57. The van der Waals surface area contributed by atoms with Gasteiger partial charge in [0.05, 0.1) is 11.1 Å². The molecule has 0 bridgehead atoms. The highest BCUT2D eigenvalue weighted by atomic mass is 16.6. The number of rotatable bonds is 13. The molecule has 1 aromatic heterocycles. The minimum Gasteiger partial charge on any atom is -0.488 e. The number of nitriles is 2. The summed E-state index contributed by atoms with van der Waals surface area (Å²) in [6.45, 7) is 4.91. The van der Waals surface area contributed by atoms with Gasteiger partial charge in [-0.3, -0.25) is 9.78 Å². The number of aryl methyl sites for hydroxylation is 1. The van der Waals surface area contributed by atoms with Crippen LogP contribution in [0, 0.1) is 29.6 Å². The third-order valence-electron chi connectivity index (χ3n) is 7.02. The van der Waals surface area contributed by atoms with Crippen molar-refractivity contribution >= 4 is 6.41 Å². The Balaban J connectivity index is 1.37. The zero-order valence-electron chi connectivity index (χ0n) is 24.3. The molecule has 2 N–H and O–H groups in total. The summed E-state index contributed by atoms with van der Waals surface area (Å²) in [4.78, 5) is 14.7. The van der Waals surface area contributed by atoms with E-state index in [1.807, 2.05) is 55.5 Å². The fourth-order valence-electron chi connectivity index (χ4n) is 4.85. The molecule has 0 radical (unpaired) electrons. The Morgan fingerprint density at radius 3 is 2.57 bits per heavy atom. The van der Waals surface area contributed by atoms with Crippen LogP contribution in [0.5, 0.6) is 23.0 Å². The van der Waals surface area contributed by atoms with Gasteiger partial charge in [0.1, 0.15) is 50.1 Å². The molecule has 4 aromatic rings. The molecule has 10 heteroatoms. The molecule has 2 heterocycles. The van der Waals surface area contributed by atoms with Gasteiger partial charge in [-0.15, -0.1) is 0 Å². The summed E-state index contributed by atoms with van der Waals surface area (Å²) in [7, 11) is 0. The van der Waals surface area contributed by atoms with Crippen molar-refractivity contribution in [2.24, 2.45) is 0 Å². The number of carbonyl (C=O) groups excluding carboxylic acids is 1. The third kappa shape index (κ3) is 7.24. The van der Waals surface area contributed by atoms with Crippen LogP contribution in [-0.4, -0.2) is 37.7 Å². The Morgan fingerprint density at radius 2 is 1.75 bits per heavy atom. The Bertz CT molecular complexity index is 1730. The number of hydrogen-bond acceptors (Lipinski definition) is 9. The molecule has 1 amide bonds. The maximum absolute atomic E-state index is 10.6. The molecule has 0 unspecified atom stereocenters. The van der Waals surface area contributed by atoms with Crippen molar-refractivity contribution in [1.82, 2.24) is 15.6 Å². The average Bonchev–Trinajstić information content (AvgIpc) is 3.06. The summed E-state index contributed by atoms with van der Waals surface area (Å²) in [6.07, 6.45) is 3.83.